The Morgan fingerprint density at radius 2 is 2.31 bits per heavy atom. The number of rotatable bonds is 5. The predicted molar refractivity (Wildman–Crippen MR) is 51.0 cm³/mol. The van der Waals surface area contributed by atoms with Gasteiger partial charge in [0.15, 0.2) is 5.69 Å². The van der Waals surface area contributed by atoms with E-state index in [4.69, 9.17) is 10.3 Å². The quantitative estimate of drug-likeness (QED) is 0.585. The average Bonchev–Trinajstić information content (AvgIpc) is 2.62. The number of carboxylic acid groups (broad SMARTS) is 1. The second-order valence-electron chi connectivity index (χ2n) is 3.33. The van der Waals surface area contributed by atoms with Crippen molar-refractivity contribution in [3.05, 3.63) is 11.9 Å². The first kappa shape index (κ1) is 12.0. The molecule has 0 saturated heterocycles. The highest BCUT2D eigenvalue weighted by Crippen LogP contribution is 1.98. The Bertz CT molecular complexity index is 389. The summed E-state index contributed by atoms with van der Waals surface area (Å²) in [6.07, 6.45) is 1.36. The van der Waals surface area contributed by atoms with E-state index in [1.807, 2.05) is 0 Å². The Labute approximate surface area is 90.8 Å². The number of hydrogen-bond donors (Lipinski definition) is 3. The first-order valence-electron chi connectivity index (χ1n) is 4.63. The highest BCUT2D eigenvalue weighted by molar-refractivity contribution is 5.92. The fourth-order valence-corrected chi connectivity index (χ4v) is 1.07. The third kappa shape index (κ3) is 3.56. The molecule has 3 N–H and O–H groups in total. The van der Waals surface area contributed by atoms with Crippen LogP contribution in [0.2, 0.25) is 0 Å². The second kappa shape index (κ2) is 5.10. The van der Waals surface area contributed by atoms with Crippen molar-refractivity contribution in [1.82, 2.24) is 20.5 Å². The van der Waals surface area contributed by atoms with E-state index in [-0.39, 0.29) is 18.2 Å². The van der Waals surface area contributed by atoms with Gasteiger partial charge in [0.1, 0.15) is 0 Å². The maximum Gasteiger partial charge on any atom is 0.303 e. The van der Waals surface area contributed by atoms with Crippen LogP contribution in [-0.4, -0.2) is 43.4 Å². The molecule has 0 aliphatic carbocycles. The van der Waals surface area contributed by atoms with Gasteiger partial charge in [0.25, 0.3) is 5.91 Å². The fourth-order valence-electron chi connectivity index (χ4n) is 1.07. The van der Waals surface area contributed by atoms with Crippen LogP contribution in [0.3, 0.4) is 0 Å². The van der Waals surface area contributed by atoms with E-state index >= 15 is 0 Å². The number of carbonyl (C=O) groups excluding carboxylic acids is 1. The van der Waals surface area contributed by atoms with Crippen LogP contribution in [0.1, 0.15) is 30.3 Å². The highest BCUT2D eigenvalue weighted by Gasteiger charge is 2.14. The molecule has 8 nitrogen and oxygen atoms in total. The first-order chi connectivity index (χ1) is 7.49. The summed E-state index contributed by atoms with van der Waals surface area (Å²) < 4.78 is 0. The zero-order valence-electron chi connectivity index (χ0n) is 8.62. The summed E-state index contributed by atoms with van der Waals surface area (Å²) >= 11 is 0. The third-order valence-electron chi connectivity index (χ3n) is 1.88. The Balaban J connectivity index is 2.42. The number of nitrogens with one attached hydrogen (secondary N) is 1. The molecule has 1 aromatic heterocycles. The summed E-state index contributed by atoms with van der Waals surface area (Å²) in [5, 5.41) is 26.4. The van der Waals surface area contributed by atoms with Crippen molar-refractivity contribution in [1.29, 1.82) is 0 Å². The molecule has 1 atom stereocenters. The number of aromatic nitrogens is 3. The smallest absolute Gasteiger partial charge is 0.303 e. The van der Waals surface area contributed by atoms with Gasteiger partial charge in [0.05, 0.1) is 6.20 Å². The summed E-state index contributed by atoms with van der Waals surface area (Å²) in [5.41, 5.74) is -0.0234. The zero-order valence-corrected chi connectivity index (χ0v) is 8.62. The van der Waals surface area contributed by atoms with E-state index in [0.717, 1.165) is 6.20 Å². The van der Waals surface area contributed by atoms with Crippen LogP contribution >= 0.6 is 0 Å². The number of carboxylic acids is 1. The normalized spacial score (nSPS) is 12.1. The van der Waals surface area contributed by atoms with Crippen molar-refractivity contribution >= 4 is 11.9 Å². The lowest BCUT2D eigenvalue weighted by Crippen LogP contribution is -2.33. The largest absolute Gasteiger partial charge is 0.481 e. The Hall–Kier alpha value is -2.12. The lowest BCUT2D eigenvalue weighted by atomic mass is 10.2. The van der Waals surface area contributed by atoms with Gasteiger partial charge in [-0.1, -0.05) is 4.85 Å². The van der Waals surface area contributed by atoms with E-state index in [0.29, 0.717) is 11.3 Å². The minimum absolute atomic E-state index is 0.0197. The molecular formula is C8H12N4O4. The summed E-state index contributed by atoms with van der Waals surface area (Å²) in [7, 11) is 0. The van der Waals surface area contributed by atoms with Crippen LogP contribution in [0.5, 0.6) is 0 Å². The summed E-state index contributed by atoms with van der Waals surface area (Å²) in [5.74, 6) is -1.42. The molecule has 0 aliphatic heterocycles. The third-order valence-corrected chi connectivity index (χ3v) is 1.88. The van der Waals surface area contributed by atoms with E-state index in [1.165, 1.54) is 0 Å². The molecule has 1 aromatic rings. The van der Waals surface area contributed by atoms with Gasteiger partial charge in [-0.2, -0.15) is 0 Å². The van der Waals surface area contributed by atoms with Gasteiger partial charge in [0.2, 0.25) is 0 Å². The number of nitrogens with zero attached hydrogens (tertiary/aromatic N) is 3. The lowest BCUT2D eigenvalue weighted by molar-refractivity contribution is -0.137. The number of aliphatic carboxylic acids is 1. The maximum atomic E-state index is 11.4. The highest BCUT2D eigenvalue weighted by atomic mass is 16.5. The van der Waals surface area contributed by atoms with Crippen LogP contribution in [0, 0.1) is 0 Å². The fraction of sp³-hybridized carbons (Fsp3) is 0.500. The molecule has 0 fully saturated rings. The van der Waals surface area contributed by atoms with E-state index in [1.54, 1.807) is 6.92 Å². The predicted octanol–water partition coefficient (Wildman–Crippen LogP) is -0.501. The molecule has 88 valence electrons. The summed E-state index contributed by atoms with van der Waals surface area (Å²) in [6.45, 7) is 1.68. The Morgan fingerprint density at radius 1 is 1.62 bits per heavy atom. The Kier molecular flexibility index (Phi) is 3.81. The van der Waals surface area contributed by atoms with E-state index in [2.05, 4.69) is 15.6 Å². The monoisotopic (exact) mass is 228 g/mol. The number of amides is 1. The van der Waals surface area contributed by atoms with Crippen molar-refractivity contribution in [3.8, 4) is 0 Å². The summed E-state index contributed by atoms with van der Waals surface area (Å²) in [4.78, 5) is 22.1. The molecule has 1 heterocycles. The van der Waals surface area contributed by atoms with Crippen LogP contribution in [0.15, 0.2) is 6.20 Å². The molecule has 0 aliphatic rings. The SMILES string of the molecule is CC(CCC(=O)O)NC(=O)c1cn(O)nn1. The topological polar surface area (TPSA) is 117 Å². The van der Waals surface area contributed by atoms with Gasteiger partial charge in [-0.15, -0.1) is 5.10 Å². The van der Waals surface area contributed by atoms with Crippen molar-refractivity contribution in [2.75, 3.05) is 0 Å². The van der Waals surface area contributed by atoms with Crippen LogP contribution < -0.4 is 5.32 Å². The van der Waals surface area contributed by atoms with Crippen molar-refractivity contribution in [2.45, 2.75) is 25.8 Å². The van der Waals surface area contributed by atoms with Gasteiger partial charge < -0.3 is 15.6 Å². The molecule has 1 amide bonds. The van der Waals surface area contributed by atoms with Crippen LogP contribution in [0.25, 0.3) is 0 Å². The minimum Gasteiger partial charge on any atom is -0.481 e. The Morgan fingerprint density at radius 3 is 2.81 bits per heavy atom. The number of hydrogen-bond acceptors (Lipinski definition) is 5. The molecule has 0 bridgehead atoms. The van der Waals surface area contributed by atoms with Crippen molar-refractivity contribution < 1.29 is 19.9 Å². The van der Waals surface area contributed by atoms with Gasteiger partial charge in [0, 0.05) is 12.5 Å². The van der Waals surface area contributed by atoms with Crippen LogP contribution in [-0.2, 0) is 4.79 Å². The molecule has 0 radical (unpaired) electrons. The first-order valence-corrected chi connectivity index (χ1v) is 4.63. The average molecular weight is 228 g/mol. The molecular weight excluding hydrogens is 216 g/mol. The molecule has 8 heteroatoms. The maximum absolute atomic E-state index is 11.4. The van der Waals surface area contributed by atoms with Gasteiger partial charge in [-0.05, 0) is 18.6 Å². The lowest BCUT2D eigenvalue weighted by Gasteiger charge is -2.10. The van der Waals surface area contributed by atoms with Crippen molar-refractivity contribution in [2.24, 2.45) is 0 Å². The molecule has 0 saturated carbocycles. The molecule has 16 heavy (non-hydrogen) atoms. The van der Waals surface area contributed by atoms with Gasteiger partial charge in [-0.3, -0.25) is 9.59 Å². The molecule has 0 spiro atoms. The molecule has 1 rings (SSSR count). The standard InChI is InChI=1S/C8H12N4O4/c1-5(2-3-7(13)14)9-8(15)6-4-12(16)11-10-6/h4-5,16H,2-3H2,1H3,(H,9,15)(H,13,14). The van der Waals surface area contributed by atoms with Gasteiger partial charge in [-0.25, -0.2) is 0 Å². The summed E-state index contributed by atoms with van der Waals surface area (Å²) in [6, 6.07) is -0.285. The van der Waals surface area contributed by atoms with Crippen molar-refractivity contribution in [3.63, 3.8) is 0 Å². The molecule has 0 aromatic carbocycles. The van der Waals surface area contributed by atoms with E-state index in [9.17, 15) is 9.59 Å². The van der Waals surface area contributed by atoms with E-state index < -0.39 is 11.9 Å². The zero-order chi connectivity index (χ0) is 12.1. The molecule has 1 unspecified atom stereocenters. The van der Waals surface area contributed by atoms with Gasteiger partial charge >= 0.3 is 5.97 Å². The van der Waals surface area contributed by atoms with Crippen LogP contribution in [0.4, 0.5) is 0 Å². The number of carbonyl (C=O) groups is 2. The minimum atomic E-state index is -0.914. The second-order valence-corrected chi connectivity index (χ2v) is 3.33.